The molecule has 2 atom stereocenters. The molecule has 5 heterocycles. The predicted octanol–water partition coefficient (Wildman–Crippen LogP) is 2.63. The van der Waals surface area contributed by atoms with Gasteiger partial charge in [-0.05, 0) is 43.4 Å². The first-order valence-electron chi connectivity index (χ1n) is 14.1. The van der Waals surface area contributed by atoms with E-state index in [4.69, 9.17) is 4.74 Å². The molecule has 1 aromatic carbocycles. The van der Waals surface area contributed by atoms with Crippen molar-refractivity contribution in [2.24, 2.45) is 0 Å². The zero-order chi connectivity index (χ0) is 28.0. The summed E-state index contributed by atoms with van der Waals surface area (Å²) in [6.07, 6.45) is 2.91. The fraction of sp³-hybridized carbons (Fsp3) is 0.552. The Kier molecular flexibility index (Phi) is 7.09. The van der Waals surface area contributed by atoms with E-state index in [0.717, 1.165) is 61.0 Å². The molecule has 0 unspecified atom stereocenters. The summed E-state index contributed by atoms with van der Waals surface area (Å²) >= 11 is 0. The number of rotatable bonds is 3. The van der Waals surface area contributed by atoms with Gasteiger partial charge in [0.1, 0.15) is 29.8 Å². The summed E-state index contributed by atoms with van der Waals surface area (Å²) in [7, 11) is -3.00. The maximum Gasteiger partial charge on any atom is 0.298 e. The lowest BCUT2D eigenvalue weighted by atomic mass is 9.88. The van der Waals surface area contributed by atoms with E-state index in [9.17, 15) is 13.2 Å². The molecule has 0 bridgehead atoms. The Balaban J connectivity index is 1.17. The quantitative estimate of drug-likeness (QED) is 0.563. The van der Waals surface area contributed by atoms with E-state index in [1.807, 2.05) is 23.6 Å². The largest absolute Gasteiger partial charge is 0.483 e. The van der Waals surface area contributed by atoms with Gasteiger partial charge in [0.05, 0.1) is 22.8 Å². The van der Waals surface area contributed by atoms with Gasteiger partial charge in [0.2, 0.25) is 0 Å². The van der Waals surface area contributed by atoms with Gasteiger partial charge >= 0.3 is 0 Å². The van der Waals surface area contributed by atoms with E-state index in [0.29, 0.717) is 37.3 Å². The molecule has 3 saturated heterocycles. The molecule has 0 saturated carbocycles. The lowest BCUT2D eigenvalue weighted by Gasteiger charge is -2.43. The van der Waals surface area contributed by atoms with E-state index in [1.54, 1.807) is 0 Å². The summed E-state index contributed by atoms with van der Waals surface area (Å²) in [5.74, 6) is 8.45. The predicted molar refractivity (Wildman–Crippen MR) is 154 cm³/mol. The number of hydrogen-bond acceptors (Lipinski definition) is 9. The molecule has 6 rings (SSSR count). The van der Waals surface area contributed by atoms with Crippen LogP contribution >= 0.6 is 0 Å². The number of carbonyl (C=O) groups is 1. The molecule has 2 aromatic rings. The SMILES string of the molecule is CCC#CC(=O)N1CC[C@H](N2CC(c3cc(C)c4c(c3)Nc3ncnc(N5CCS(=O)(=O)CC5)c3[C@@H](C)O4)C2)C1. The summed E-state index contributed by atoms with van der Waals surface area (Å²) in [6, 6.07) is 4.78. The minimum Gasteiger partial charge on any atom is -0.483 e. The molecule has 212 valence electrons. The number of likely N-dealkylation sites (tertiary alicyclic amines) is 2. The first-order chi connectivity index (χ1) is 19.2. The van der Waals surface area contributed by atoms with Crippen molar-refractivity contribution in [3.8, 4) is 17.6 Å². The van der Waals surface area contributed by atoms with Crippen LogP contribution in [-0.4, -0.2) is 90.9 Å². The zero-order valence-electron chi connectivity index (χ0n) is 23.3. The van der Waals surface area contributed by atoms with Crippen LogP contribution in [0.3, 0.4) is 0 Å². The fourth-order valence-electron chi connectivity index (χ4n) is 6.18. The molecule has 4 aliphatic heterocycles. The highest BCUT2D eigenvalue weighted by molar-refractivity contribution is 7.91. The number of benzene rings is 1. The van der Waals surface area contributed by atoms with Gasteiger partial charge in [-0.1, -0.05) is 18.9 Å². The number of anilines is 3. The van der Waals surface area contributed by atoms with Crippen molar-refractivity contribution < 1.29 is 17.9 Å². The van der Waals surface area contributed by atoms with Gasteiger partial charge in [0.15, 0.2) is 9.84 Å². The van der Waals surface area contributed by atoms with Crippen LogP contribution in [0.2, 0.25) is 0 Å². The van der Waals surface area contributed by atoms with Crippen molar-refractivity contribution in [2.75, 3.05) is 61.0 Å². The third kappa shape index (κ3) is 5.10. The fourth-order valence-corrected chi connectivity index (χ4v) is 7.38. The number of aryl methyl sites for hydroxylation is 1. The summed E-state index contributed by atoms with van der Waals surface area (Å²) < 4.78 is 30.5. The summed E-state index contributed by atoms with van der Waals surface area (Å²) in [5, 5.41) is 3.52. The molecule has 40 heavy (non-hydrogen) atoms. The van der Waals surface area contributed by atoms with Crippen molar-refractivity contribution in [2.45, 2.75) is 51.7 Å². The molecule has 10 nitrogen and oxygen atoms in total. The molecular weight excluding hydrogens is 528 g/mol. The topological polar surface area (TPSA) is 108 Å². The molecule has 0 spiro atoms. The van der Waals surface area contributed by atoms with E-state index < -0.39 is 9.84 Å². The Morgan fingerprint density at radius 1 is 1.15 bits per heavy atom. The van der Waals surface area contributed by atoms with Crippen LogP contribution < -0.4 is 15.0 Å². The number of aromatic nitrogens is 2. The minimum absolute atomic E-state index is 0.0549. The van der Waals surface area contributed by atoms with Gasteiger partial charge in [-0.25, -0.2) is 18.4 Å². The van der Waals surface area contributed by atoms with E-state index in [-0.39, 0.29) is 23.5 Å². The van der Waals surface area contributed by atoms with Crippen LogP contribution in [0.1, 0.15) is 55.4 Å². The third-order valence-electron chi connectivity index (χ3n) is 8.48. The maximum atomic E-state index is 12.3. The molecule has 0 aliphatic carbocycles. The number of nitrogens with zero attached hydrogens (tertiary/aromatic N) is 5. The van der Waals surface area contributed by atoms with Crippen molar-refractivity contribution in [3.05, 3.63) is 35.2 Å². The van der Waals surface area contributed by atoms with Crippen LogP contribution in [0.4, 0.5) is 17.3 Å². The molecule has 11 heteroatoms. The number of hydrogen-bond donors (Lipinski definition) is 1. The van der Waals surface area contributed by atoms with Crippen LogP contribution in [0.5, 0.6) is 5.75 Å². The summed E-state index contributed by atoms with van der Waals surface area (Å²) in [5.41, 5.74) is 4.05. The van der Waals surface area contributed by atoms with Crippen molar-refractivity contribution in [3.63, 3.8) is 0 Å². The molecule has 1 aromatic heterocycles. The van der Waals surface area contributed by atoms with E-state index >= 15 is 0 Å². The van der Waals surface area contributed by atoms with Gasteiger partial charge in [0, 0.05) is 57.6 Å². The highest BCUT2D eigenvalue weighted by Gasteiger charge is 2.38. The maximum absolute atomic E-state index is 12.3. The average molecular weight is 565 g/mol. The van der Waals surface area contributed by atoms with Gasteiger partial charge in [-0.2, -0.15) is 0 Å². The first-order valence-corrected chi connectivity index (χ1v) is 15.9. The molecule has 3 fully saturated rings. The Morgan fingerprint density at radius 3 is 2.67 bits per heavy atom. The Hall–Kier alpha value is -3.36. The number of amides is 1. The monoisotopic (exact) mass is 564 g/mol. The van der Waals surface area contributed by atoms with Crippen LogP contribution in [-0.2, 0) is 14.6 Å². The Bertz CT molecular complexity index is 1480. The second kappa shape index (κ2) is 10.6. The first kappa shape index (κ1) is 26.8. The lowest BCUT2D eigenvalue weighted by molar-refractivity contribution is -0.124. The third-order valence-corrected chi connectivity index (χ3v) is 10.1. The molecule has 1 N–H and O–H groups in total. The van der Waals surface area contributed by atoms with E-state index in [1.165, 1.54) is 11.9 Å². The Labute approximate surface area is 236 Å². The van der Waals surface area contributed by atoms with Crippen LogP contribution in [0.15, 0.2) is 18.5 Å². The number of sulfone groups is 1. The Morgan fingerprint density at radius 2 is 1.93 bits per heavy atom. The van der Waals surface area contributed by atoms with E-state index in [2.05, 4.69) is 51.1 Å². The standard InChI is InChI=1S/C29H36N6O4S/c1-4-5-6-25(36)34-8-7-23(17-34)35-15-22(16-35)21-13-19(2)27-24(14-21)32-28-26(20(3)39-27)29(31-18-30-28)33-9-11-40(37,38)12-10-33/h13-14,18,20,22-23H,4,7-12,15-17H2,1-3H3,(H,30,31,32)/t20-,23+/m1/s1. The lowest BCUT2D eigenvalue weighted by Crippen LogP contribution is -2.51. The number of fused-ring (bicyclic) bond motifs is 2. The molecule has 1 amide bonds. The highest BCUT2D eigenvalue weighted by Crippen LogP contribution is 2.45. The van der Waals surface area contributed by atoms with Crippen molar-refractivity contribution in [1.29, 1.82) is 0 Å². The van der Waals surface area contributed by atoms with Gasteiger partial charge in [-0.3, -0.25) is 9.69 Å². The number of ether oxygens (including phenoxy) is 1. The van der Waals surface area contributed by atoms with Gasteiger partial charge < -0.3 is 19.9 Å². The van der Waals surface area contributed by atoms with Gasteiger partial charge in [-0.15, -0.1) is 0 Å². The molecular formula is C29H36N6O4S. The summed E-state index contributed by atoms with van der Waals surface area (Å²) in [4.78, 5) is 27.8. The zero-order valence-corrected chi connectivity index (χ0v) is 24.1. The number of nitrogens with one attached hydrogen (secondary N) is 1. The smallest absolute Gasteiger partial charge is 0.298 e. The number of carbonyl (C=O) groups excluding carboxylic acids is 1. The second-order valence-electron chi connectivity index (χ2n) is 11.2. The van der Waals surface area contributed by atoms with Gasteiger partial charge in [0.25, 0.3) is 5.91 Å². The van der Waals surface area contributed by atoms with Crippen molar-refractivity contribution >= 4 is 33.1 Å². The molecule has 0 radical (unpaired) electrons. The van der Waals surface area contributed by atoms with Crippen LogP contribution in [0, 0.1) is 18.8 Å². The van der Waals surface area contributed by atoms with Crippen molar-refractivity contribution in [1.82, 2.24) is 19.8 Å². The average Bonchev–Trinajstić information content (AvgIpc) is 3.32. The van der Waals surface area contributed by atoms with Crippen LogP contribution in [0.25, 0.3) is 0 Å². The summed E-state index contributed by atoms with van der Waals surface area (Å²) in [6.45, 7) is 10.3. The minimum atomic E-state index is -3.00. The molecule has 4 aliphatic rings. The second-order valence-corrected chi connectivity index (χ2v) is 13.5. The normalized spacial score (nSPS) is 24.0. The highest BCUT2D eigenvalue weighted by atomic mass is 32.2.